The van der Waals surface area contributed by atoms with E-state index in [0.29, 0.717) is 24.0 Å². The number of hydrogen-bond donors (Lipinski definition) is 0. The number of nitrogens with zero attached hydrogens (tertiary/aromatic N) is 1. The minimum Gasteiger partial charge on any atom is -0.493 e. The molecule has 0 fully saturated rings. The molecule has 3 aromatic rings. The van der Waals surface area contributed by atoms with E-state index >= 15 is 0 Å². The molecule has 0 aliphatic heterocycles. The fraction of sp³-hybridized carbons (Fsp3) is 0.318. The molecule has 1 aromatic heterocycles. The van der Waals surface area contributed by atoms with Crippen molar-refractivity contribution in [1.29, 1.82) is 0 Å². The monoisotopic (exact) mass is 383 g/mol. The van der Waals surface area contributed by atoms with E-state index in [1.165, 1.54) is 5.56 Å². The summed E-state index contributed by atoms with van der Waals surface area (Å²) < 4.78 is 16.6. The van der Waals surface area contributed by atoms with Crippen LogP contribution in [0, 0.1) is 0 Å². The average molecular weight is 384 g/mol. The SMILES string of the molecule is CCC(C)c1ccc(OCc2csc(-c3ccc(OC)c(OC)c3)n2)cc1. The standard InChI is InChI=1S/C22H25NO3S/c1-5-15(2)16-6-9-19(10-7-16)26-13-18-14-27-22(23-18)17-8-11-20(24-3)21(12-17)25-4/h6-12,14-15H,5,13H2,1-4H3. The van der Waals surface area contributed by atoms with Crippen LogP contribution in [0.4, 0.5) is 0 Å². The van der Waals surface area contributed by atoms with Gasteiger partial charge in [0, 0.05) is 10.9 Å². The van der Waals surface area contributed by atoms with Gasteiger partial charge in [0.1, 0.15) is 17.4 Å². The molecule has 0 spiro atoms. The predicted octanol–water partition coefficient (Wildman–Crippen LogP) is 5.92. The maximum atomic E-state index is 5.89. The Labute approximate surface area is 164 Å². The molecule has 1 atom stereocenters. The summed E-state index contributed by atoms with van der Waals surface area (Å²) in [4.78, 5) is 4.68. The van der Waals surface area contributed by atoms with Crippen molar-refractivity contribution in [3.63, 3.8) is 0 Å². The second kappa shape index (κ2) is 8.91. The van der Waals surface area contributed by atoms with E-state index in [9.17, 15) is 0 Å². The van der Waals surface area contributed by atoms with E-state index < -0.39 is 0 Å². The van der Waals surface area contributed by atoms with Crippen LogP contribution >= 0.6 is 11.3 Å². The van der Waals surface area contributed by atoms with E-state index in [0.717, 1.165) is 28.4 Å². The number of methoxy groups -OCH3 is 2. The summed E-state index contributed by atoms with van der Waals surface area (Å²) >= 11 is 1.59. The van der Waals surface area contributed by atoms with E-state index in [1.54, 1.807) is 25.6 Å². The van der Waals surface area contributed by atoms with E-state index in [1.807, 2.05) is 35.7 Å². The highest BCUT2D eigenvalue weighted by Crippen LogP contribution is 2.33. The molecule has 0 radical (unpaired) electrons. The second-order valence-corrected chi connectivity index (χ2v) is 7.24. The Bertz CT molecular complexity index is 874. The smallest absolute Gasteiger partial charge is 0.161 e. The molecule has 5 heteroatoms. The van der Waals surface area contributed by atoms with Crippen molar-refractivity contribution < 1.29 is 14.2 Å². The highest BCUT2D eigenvalue weighted by Gasteiger charge is 2.10. The molecule has 0 aliphatic rings. The molecule has 4 nitrogen and oxygen atoms in total. The third kappa shape index (κ3) is 4.61. The first kappa shape index (κ1) is 19.2. The van der Waals surface area contributed by atoms with Crippen LogP contribution in [0.25, 0.3) is 10.6 Å². The van der Waals surface area contributed by atoms with Crippen molar-refractivity contribution in [3.05, 3.63) is 59.1 Å². The number of ether oxygens (including phenoxy) is 3. The lowest BCUT2D eigenvalue weighted by Crippen LogP contribution is -1.97. The van der Waals surface area contributed by atoms with Crippen molar-refractivity contribution >= 4 is 11.3 Å². The summed E-state index contributed by atoms with van der Waals surface area (Å²) in [5, 5.41) is 2.96. The molecular formula is C22H25NO3S. The van der Waals surface area contributed by atoms with Gasteiger partial charge in [0.2, 0.25) is 0 Å². The fourth-order valence-electron chi connectivity index (χ4n) is 2.76. The summed E-state index contributed by atoms with van der Waals surface area (Å²) in [6, 6.07) is 14.2. The Balaban J connectivity index is 1.66. The van der Waals surface area contributed by atoms with Crippen molar-refractivity contribution in [1.82, 2.24) is 4.98 Å². The predicted molar refractivity (Wildman–Crippen MR) is 110 cm³/mol. The Morgan fingerprint density at radius 2 is 1.74 bits per heavy atom. The molecule has 1 heterocycles. The van der Waals surface area contributed by atoms with Gasteiger partial charge in [0.15, 0.2) is 11.5 Å². The lowest BCUT2D eigenvalue weighted by Gasteiger charge is -2.10. The van der Waals surface area contributed by atoms with Crippen LogP contribution < -0.4 is 14.2 Å². The minimum atomic E-state index is 0.451. The molecule has 0 N–H and O–H groups in total. The number of rotatable bonds is 8. The van der Waals surface area contributed by atoms with Gasteiger partial charge in [-0.3, -0.25) is 0 Å². The van der Waals surface area contributed by atoms with E-state index in [4.69, 9.17) is 14.2 Å². The topological polar surface area (TPSA) is 40.6 Å². The van der Waals surface area contributed by atoms with Gasteiger partial charge in [-0.05, 0) is 48.2 Å². The molecule has 0 saturated carbocycles. The molecule has 0 bridgehead atoms. The quantitative estimate of drug-likeness (QED) is 0.484. The molecular weight excluding hydrogens is 358 g/mol. The largest absolute Gasteiger partial charge is 0.493 e. The van der Waals surface area contributed by atoms with Crippen molar-refractivity contribution in [2.45, 2.75) is 32.8 Å². The Kier molecular flexibility index (Phi) is 6.35. The molecule has 3 rings (SSSR count). The zero-order valence-corrected chi connectivity index (χ0v) is 17.0. The lowest BCUT2D eigenvalue weighted by molar-refractivity contribution is 0.302. The van der Waals surface area contributed by atoms with Gasteiger partial charge >= 0.3 is 0 Å². The van der Waals surface area contributed by atoms with Crippen LogP contribution in [-0.4, -0.2) is 19.2 Å². The summed E-state index contributed by atoms with van der Waals surface area (Å²) in [5.41, 5.74) is 3.26. The van der Waals surface area contributed by atoms with Crippen molar-refractivity contribution in [2.75, 3.05) is 14.2 Å². The highest BCUT2D eigenvalue weighted by atomic mass is 32.1. The molecule has 0 saturated heterocycles. The van der Waals surface area contributed by atoms with Gasteiger partial charge in [-0.25, -0.2) is 4.98 Å². The van der Waals surface area contributed by atoms with Gasteiger partial charge in [-0.2, -0.15) is 0 Å². The highest BCUT2D eigenvalue weighted by molar-refractivity contribution is 7.13. The Morgan fingerprint density at radius 3 is 2.41 bits per heavy atom. The fourth-order valence-corrected chi connectivity index (χ4v) is 3.56. The maximum Gasteiger partial charge on any atom is 0.161 e. The normalized spacial score (nSPS) is 11.9. The molecule has 0 aliphatic carbocycles. The second-order valence-electron chi connectivity index (χ2n) is 6.38. The third-order valence-electron chi connectivity index (χ3n) is 4.63. The molecule has 1 unspecified atom stereocenters. The first-order chi connectivity index (χ1) is 13.1. The zero-order valence-electron chi connectivity index (χ0n) is 16.2. The van der Waals surface area contributed by atoms with Crippen molar-refractivity contribution in [2.24, 2.45) is 0 Å². The summed E-state index contributed by atoms with van der Waals surface area (Å²) in [6.07, 6.45) is 1.14. The van der Waals surface area contributed by atoms with Crippen LogP contribution in [0.15, 0.2) is 47.8 Å². The minimum absolute atomic E-state index is 0.451. The van der Waals surface area contributed by atoms with Crippen LogP contribution in [-0.2, 0) is 6.61 Å². The molecule has 0 amide bonds. The summed E-state index contributed by atoms with van der Waals surface area (Å²) in [7, 11) is 3.26. The number of benzene rings is 2. The molecule has 27 heavy (non-hydrogen) atoms. The first-order valence-corrected chi connectivity index (χ1v) is 9.92. The van der Waals surface area contributed by atoms with Gasteiger partial charge in [0.25, 0.3) is 0 Å². The van der Waals surface area contributed by atoms with Gasteiger partial charge in [-0.15, -0.1) is 11.3 Å². The average Bonchev–Trinajstić information content (AvgIpc) is 3.20. The molecule has 142 valence electrons. The van der Waals surface area contributed by atoms with E-state index in [-0.39, 0.29) is 0 Å². The third-order valence-corrected chi connectivity index (χ3v) is 5.57. The van der Waals surface area contributed by atoms with Gasteiger partial charge in [-0.1, -0.05) is 26.0 Å². The van der Waals surface area contributed by atoms with Crippen LogP contribution in [0.1, 0.15) is 37.4 Å². The maximum absolute atomic E-state index is 5.89. The Hall–Kier alpha value is -2.53. The summed E-state index contributed by atoms with van der Waals surface area (Å²) in [5.74, 6) is 2.84. The van der Waals surface area contributed by atoms with E-state index in [2.05, 4.69) is 31.0 Å². The van der Waals surface area contributed by atoms with Crippen LogP contribution in [0.2, 0.25) is 0 Å². The Morgan fingerprint density at radius 1 is 1.00 bits per heavy atom. The van der Waals surface area contributed by atoms with Gasteiger partial charge in [0.05, 0.1) is 19.9 Å². The lowest BCUT2D eigenvalue weighted by atomic mass is 9.99. The number of thiazole rings is 1. The number of hydrogen-bond acceptors (Lipinski definition) is 5. The van der Waals surface area contributed by atoms with Crippen LogP contribution in [0.3, 0.4) is 0 Å². The zero-order chi connectivity index (χ0) is 19.2. The summed E-state index contributed by atoms with van der Waals surface area (Å²) in [6.45, 7) is 4.89. The van der Waals surface area contributed by atoms with Crippen molar-refractivity contribution in [3.8, 4) is 27.8 Å². The first-order valence-electron chi connectivity index (χ1n) is 9.04. The van der Waals surface area contributed by atoms with Gasteiger partial charge < -0.3 is 14.2 Å². The number of aromatic nitrogens is 1. The van der Waals surface area contributed by atoms with Crippen LogP contribution in [0.5, 0.6) is 17.2 Å². The molecule has 2 aromatic carbocycles.